The summed E-state index contributed by atoms with van der Waals surface area (Å²) in [5.74, 6) is 0. The van der Waals surface area contributed by atoms with Crippen molar-refractivity contribution >= 4 is 0 Å². The Bertz CT molecular complexity index is 142. The van der Waals surface area contributed by atoms with Crippen LogP contribution in [0.4, 0.5) is 0 Å². The first-order valence-electron chi connectivity index (χ1n) is 6.34. The fourth-order valence-electron chi connectivity index (χ4n) is 1.80. The van der Waals surface area contributed by atoms with Gasteiger partial charge in [0.25, 0.3) is 0 Å². The van der Waals surface area contributed by atoms with E-state index >= 15 is 0 Å². The topological polar surface area (TPSA) is 35.5 Å². The summed E-state index contributed by atoms with van der Waals surface area (Å²) in [5.41, 5.74) is 0. The average molecular weight is 216 g/mol. The minimum atomic E-state index is -0.135. The van der Waals surface area contributed by atoms with E-state index in [1.54, 1.807) is 0 Å². The Balaban J connectivity index is 0.000000921. The highest BCUT2D eigenvalue weighted by Crippen LogP contribution is 2.07. The Kier molecular flexibility index (Phi) is 9.06. The standard InChI is InChI=1S/C10H22N2O.C2H6/c1-3-4-7-12(2)8-9-10(13)5-6-11-9;1-2/h9-11,13H,3-8H2,1-2H3;1-2H3. The van der Waals surface area contributed by atoms with Crippen LogP contribution in [-0.2, 0) is 0 Å². The number of aliphatic hydroxyl groups excluding tert-OH is 1. The van der Waals surface area contributed by atoms with Crippen molar-refractivity contribution in [3.8, 4) is 0 Å². The lowest BCUT2D eigenvalue weighted by Gasteiger charge is -2.22. The summed E-state index contributed by atoms with van der Waals surface area (Å²) in [5, 5.41) is 12.9. The molecule has 1 rings (SSSR count). The Labute approximate surface area is 94.9 Å². The van der Waals surface area contributed by atoms with Crippen molar-refractivity contribution in [3.63, 3.8) is 0 Å². The molecule has 1 saturated heterocycles. The first-order chi connectivity index (χ1) is 7.24. The van der Waals surface area contributed by atoms with Gasteiger partial charge in [-0.2, -0.15) is 0 Å². The summed E-state index contributed by atoms with van der Waals surface area (Å²) in [6, 6.07) is 0.293. The van der Waals surface area contributed by atoms with Gasteiger partial charge in [-0.1, -0.05) is 27.2 Å². The highest BCUT2D eigenvalue weighted by molar-refractivity contribution is 4.85. The highest BCUT2D eigenvalue weighted by Gasteiger charge is 2.25. The SMILES string of the molecule is CC.CCCCN(C)CC1NCCC1O. The van der Waals surface area contributed by atoms with Crippen LogP contribution in [0.5, 0.6) is 0 Å². The minimum absolute atomic E-state index is 0.135. The molecule has 1 heterocycles. The number of hydrogen-bond acceptors (Lipinski definition) is 3. The van der Waals surface area contributed by atoms with Gasteiger partial charge in [0.05, 0.1) is 6.10 Å². The first-order valence-corrected chi connectivity index (χ1v) is 6.34. The Morgan fingerprint density at radius 1 is 1.40 bits per heavy atom. The van der Waals surface area contributed by atoms with E-state index in [1.807, 2.05) is 13.8 Å². The number of unbranched alkanes of at least 4 members (excludes halogenated alkanes) is 1. The first kappa shape index (κ1) is 14.9. The van der Waals surface area contributed by atoms with E-state index in [0.717, 1.165) is 26.1 Å². The molecule has 1 fully saturated rings. The fraction of sp³-hybridized carbons (Fsp3) is 1.00. The lowest BCUT2D eigenvalue weighted by atomic mass is 10.1. The number of rotatable bonds is 5. The second-order valence-corrected chi connectivity index (χ2v) is 4.03. The van der Waals surface area contributed by atoms with Gasteiger partial charge in [-0.15, -0.1) is 0 Å². The van der Waals surface area contributed by atoms with E-state index < -0.39 is 0 Å². The molecule has 1 aliphatic rings. The van der Waals surface area contributed by atoms with Gasteiger partial charge in [-0.3, -0.25) is 0 Å². The van der Waals surface area contributed by atoms with Gasteiger partial charge < -0.3 is 15.3 Å². The van der Waals surface area contributed by atoms with E-state index in [4.69, 9.17) is 0 Å². The second-order valence-electron chi connectivity index (χ2n) is 4.03. The molecule has 3 heteroatoms. The average Bonchev–Trinajstić information content (AvgIpc) is 2.64. The van der Waals surface area contributed by atoms with Gasteiger partial charge in [-0.25, -0.2) is 0 Å². The maximum atomic E-state index is 9.57. The summed E-state index contributed by atoms with van der Waals surface area (Å²) in [6.45, 7) is 9.28. The van der Waals surface area contributed by atoms with Crippen molar-refractivity contribution in [1.29, 1.82) is 0 Å². The third-order valence-corrected chi connectivity index (χ3v) is 2.71. The number of aliphatic hydroxyl groups is 1. The van der Waals surface area contributed by atoms with Crippen molar-refractivity contribution in [2.24, 2.45) is 0 Å². The molecular formula is C12H28N2O. The van der Waals surface area contributed by atoms with Gasteiger partial charge >= 0.3 is 0 Å². The van der Waals surface area contributed by atoms with Crippen LogP contribution in [0.25, 0.3) is 0 Å². The van der Waals surface area contributed by atoms with E-state index in [1.165, 1.54) is 12.8 Å². The maximum absolute atomic E-state index is 9.57. The number of nitrogens with zero attached hydrogens (tertiary/aromatic N) is 1. The lowest BCUT2D eigenvalue weighted by molar-refractivity contribution is 0.137. The molecule has 2 unspecified atom stereocenters. The van der Waals surface area contributed by atoms with Crippen molar-refractivity contribution in [3.05, 3.63) is 0 Å². The monoisotopic (exact) mass is 216 g/mol. The van der Waals surface area contributed by atoms with Crippen LogP contribution in [0.1, 0.15) is 40.0 Å². The third kappa shape index (κ3) is 6.13. The molecule has 92 valence electrons. The largest absolute Gasteiger partial charge is 0.391 e. The second kappa shape index (κ2) is 9.13. The summed E-state index contributed by atoms with van der Waals surface area (Å²) in [6.07, 6.45) is 3.26. The quantitative estimate of drug-likeness (QED) is 0.730. The molecule has 1 aliphatic heterocycles. The summed E-state index contributed by atoms with van der Waals surface area (Å²) in [4.78, 5) is 2.30. The van der Waals surface area contributed by atoms with E-state index in [9.17, 15) is 5.11 Å². The van der Waals surface area contributed by atoms with E-state index in [2.05, 4.69) is 24.2 Å². The van der Waals surface area contributed by atoms with E-state index in [-0.39, 0.29) is 6.10 Å². The molecule has 15 heavy (non-hydrogen) atoms. The van der Waals surface area contributed by atoms with Crippen molar-refractivity contribution in [2.75, 3.05) is 26.7 Å². The van der Waals surface area contributed by atoms with Gasteiger partial charge in [0.2, 0.25) is 0 Å². The number of hydrogen-bond donors (Lipinski definition) is 2. The van der Waals surface area contributed by atoms with Crippen LogP contribution < -0.4 is 5.32 Å². The molecule has 2 N–H and O–H groups in total. The van der Waals surface area contributed by atoms with Crippen molar-refractivity contribution in [2.45, 2.75) is 52.2 Å². The number of nitrogens with one attached hydrogen (secondary N) is 1. The molecule has 0 aromatic carbocycles. The van der Waals surface area contributed by atoms with E-state index in [0.29, 0.717) is 6.04 Å². The summed E-state index contributed by atoms with van der Waals surface area (Å²) < 4.78 is 0. The zero-order valence-electron chi connectivity index (χ0n) is 10.8. The predicted molar refractivity (Wildman–Crippen MR) is 66.2 cm³/mol. The molecule has 0 aromatic heterocycles. The predicted octanol–water partition coefficient (Wildman–Crippen LogP) is 1.47. The van der Waals surface area contributed by atoms with Gasteiger partial charge in [0, 0.05) is 12.6 Å². The number of likely N-dealkylation sites (N-methyl/N-ethyl adjacent to an activating group) is 1. The molecule has 0 amide bonds. The molecule has 0 aromatic rings. The Hall–Kier alpha value is -0.120. The molecule has 0 bridgehead atoms. The Morgan fingerprint density at radius 2 is 2.07 bits per heavy atom. The van der Waals surface area contributed by atoms with Gasteiger partial charge in [-0.05, 0) is 33.0 Å². The van der Waals surface area contributed by atoms with Crippen LogP contribution in [0.3, 0.4) is 0 Å². The smallest absolute Gasteiger partial charge is 0.0717 e. The molecular weight excluding hydrogens is 188 g/mol. The highest BCUT2D eigenvalue weighted by atomic mass is 16.3. The van der Waals surface area contributed by atoms with Crippen LogP contribution in [0.2, 0.25) is 0 Å². The minimum Gasteiger partial charge on any atom is -0.391 e. The summed E-state index contributed by atoms with van der Waals surface area (Å²) in [7, 11) is 2.13. The molecule has 0 saturated carbocycles. The molecule has 0 aliphatic carbocycles. The third-order valence-electron chi connectivity index (χ3n) is 2.71. The van der Waals surface area contributed by atoms with Gasteiger partial charge in [0.15, 0.2) is 0 Å². The van der Waals surface area contributed by atoms with Crippen LogP contribution in [-0.4, -0.2) is 48.8 Å². The molecule has 0 spiro atoms. The lowest BCUT2D eigenvalue weighted by Crippen LogP contribution is -2.41. The normalized spacial score (nSPS) is 25.2. The van der Waals surface area contributed by atoms with Crippen molar-refractivity contribution in [1.82, 2.24) is 10.2 Å². The zero-order valence-corrected chi connectivity index (χ0v) is 10.8. The van der Waals surface area contributed by atoms with Crippen LogP contribution >= 0.6 is 0 Å². The Morgan fingerprint density at radius 3 is 2.53 bits per heavy atom. The summed E-state index contributed by atoms with van der Waals surface area (Å²) >= 11 is 0. The molecule has 3 nitrogen and oxygen atoms in total. The zero-order chi connectivity index (χ0) is 11.7. The fourth-order valence-corrected chi connectivity index (χ4v) is 1.80. The molecule has 0 radical (unpaired) electrons. The van der Waals surface area contributed by atoms with Crippen molar-refractivity contribution < 1.29 is 5.11 Å². The van der Waals surface area contributed by atoms with Gasteiger partial charge in [0.1, 0.15) is 0 Å². The van der Waals surface area contributed by atoms with Crippen LogP contribution in [0.15, 0.2) is 0 Å². The van der Waals surface area contributed by atoms with Crippen LogP contribution in [0, 0.1) is 0 Å². The maximum Gasteiger partial charge on any atom is 0.0717 e. The molecule has 2 atom stereocenters.